The molecule has 0 atom stereocenters. The first-order chi connectivity index (χ1) is 7.60. The number of halogens is 5. The third-order valence-electron chi connectivity index (χ3n) is 1.78. The van der Waals surface area contributed by atoms with Crippen molar-refractivity contribution in [1.82, 2.24) is 0 Å². The van der Waals surface area contributed by atoms with Gasteiger partial charge < -0.3 is 4.74 Å². The predicted octanol–water partition coefficient (Wildman–Crippen LogP) is 2.49. The van der Waals surface area contributed by atoms with Crippen LogP contribution in [0.3, 0.4) is 0 Å². The number of carbonyl (C=O) groups excluding carboxylic acids is 2. The molecule has 3 nitrogen and oxygen atoms in total. The number of alkyl halides is 5. The van der Waals surface area contributed by atoms with E-state index in [4.69, 9.17) is 0 Å². The van der Waals surface area contributed by atoms with Crippen LogP contribution in [0.4, 0.5) is 22.0 Å². The van der Waals surface area contributed by atoms with Crippen LogP contribution in [-0.2, 0) is 14.3 Å². The van der Waals surface area contributed by atoms with Crippen LogP contribution >= 0.6 is 0 Å². The Balaban J connectivity index is 4.13. The largest absolute Gasteiger partial charge is 0.466 e. The molecule has 0 spiro atoms. The van der Waals surface area contributed by atoms with Gasteiger partial charge >= 0.3 is 18.1 Å². The minimum Gasteiger partial charge on any atom is -0.466 e. The van der Waals surface area contributed by atoms with Crippen LogP contribution in [-0.4, -0.2) is 30.5 Å². The van der Waals surface area contributed by atoms with Crippen LogP contribution in [0.2, 0.25) is 0 Å². The summed E-state index contributed by atoms with van der Waals surface area (Å²) in [7, 11) is 0. The molecule has 0 aliphatic heterocycles. The Hall–Kier alpha value is -1.21. The molecule has 0 N–H and O–H groups in total. The van der Waals surface area contributed by atoms with Crippen molar-refractivity contribution in [2.24, 2.45) is 0 Å². The van der Waals surface area contributed by atoms with Gasteiger partial charge in [-0.3, -0.25) is 9.59 Å². The van der Waals surface area contributed by atoms with Crippen molar-refractivity contribution in [3.8, 4) is 0 Å². The van der Waals surface area contributed by atoms with Gasteiger partial charge in [0.05, 0.1) is 6.61 Å². The van der Waals surface area contributed by atoms with Crippen LogP contribution in [0, 0.1) is 0 Å². The lowest BCUT2D eigenvalue weighted by Gasteiger charge is -2.18. The maximum atomic E-state index is 12.4. The molecule has 0 rings (SSSR count). The van der Waals surface area contributed by atoms with E-state index in [1.165, 1.54) is 6.92 Å². The zero-order chi connectivity index (χ0) is 13.7. The molecule has 0 aliphatic rings. The van der Waals surface area contributed by atoms with E-state index in [2.05, 4.69) is 4.74 Å². The second-order valence-corrected chi connectivity index (χ2v) is 3.22. The Labute approximate surface area is 93.9 Å². The molecule has 0 radical (unpaired) electrons. The monoisotopic (exact) mass is 262 g/mol. The summed E-state index contributed by atoms with van der Waals surface area (Å²) in [5.74, 6) is -6.86. The number of hydrogen-bond donors (Lipinski definition) is 0. The van der Waals surface area contributed by atoms with E-state index in [1.54, 1.807) is 0 Å². The smallest absolute Gasteiger partial charge is 0.453 e. The lowest BCUT2D eigenvalue weighted by Crippen LogP contribution is -2.36. The molecular weight excluding hydrogens is 251 g/mol. The summed E-state index contributed by atoms with van der Waals surface area (Å²) in [4.78, 5) is 21.6. The number of Topliss-reactive ketones (excluding diaryl/α,β-unsaturated/α-hetero) is 1. The Morgan fingerprint density at radius 1 is 1.12 bits per heavy atom. The highest BCUT2D eigenvalue weighted by Gasteiger charge is 2.56. The average molecular weight is 262 g/mol. The first kappa shape index (κ1) is 15.8. The van der Waals surface area contributed by atoms with E-state index in [1.807, 2.05) is 0 Å². The summed E-state index contributed by atoms with van der Waals surface area (Å²) in [6.45, 7) is 1.48. The van der Waals surface area contributed by atoms with E-state index in [-0.39, 0.29) is 6.61 Å². The SMILES string of the molecule is CCOC(=O)CC(=O)CCC(F)(F)C(F)(F)F. The molecule has 8 heteroatoms. The van der Waals surface area contributed by atoms with Crippen molar-refractivity contribution in [1.29, 1.82) is 0 Å². The fourth-order valence-electron chi connectivity index (χ4n) is 0.900. The summed E-state index contributed by atoms with van der Waals surface area (Å²) in [5, 5.41) is 0. The van der Waals surface area contributed by atoms with Crippen molar-refractivity contribution < 1.29 is 36.3 Å². The molecule has 0 aromatic heterocycles. The summed E-state index contributed by atoms with van der Waals surface area (Å²) < 4.78 is 64.3. The highest BCUT2D eigenvalue weighted by Crippen LogP contribution is 2.38. The molecule has 0 aromatic rings. The summed E-state index contributed by atoms with van der Waals surface area (Å²) in [6.07, 6.45) is -9.15. The van der Waals surface area contributed by atoms with E-state index in [0.717, 1.165) is 0 Å². The van der Waals surface area contributed by atoms with Crippen molar-refractivity contribution >= 4 is 11.8 Å². The Morgan fingerprint density at radius 3 is 2.06 bits per heavy atom. The van der Waals surface area contributed by atoms with Crippen molar-refractivity contribution in [2.75, 3.05) is 6.61 Å². The molecule has 0 fully saturated rings. The Bertz CT molecular complexity index is 285. The third kappa shape index (κ3) is 5.60. The van der Waals surface area contributed by atoms with Gasteiger partial charge in [0.25, 0.3) is 0 Å². The highest BCUT2D eigenvalue weighted by molar-refractivity contribution is 5.95. The molecule has 0 heterocycles. The van der Waals surface area contributed by atoms with Gasteiger partial charge in [0.1, 0.15) is 12.2 Å². The summed E-state index contributed by atoms with van der Waals surface area (Å²) >= 11 is 0. The number of rotatable bonds is 6. The van der Waals surface area contributed by atoms with Gasteiger partial charge in [0, 0.05) is 12.8 Å². The molecule has 0 unspecified atom stereocenters. The molecule has 0 aromatic carbocycles. The molecular formula is C9H11F5O3. The molecule has 0 saturated heterocycles. The van der Waals surface area contributed by atoms with E-state index < -0.39 is 43.1 Å². The van der Waals surface area contributed by atoms with Crippen LogP contribution < -0.4 is 0 Å². The fourth-order valence-corrected chi connectivity index (χ4v) is 0.900. The van der Waals surface area contributed by atoms with Gasteiger partial charge in [-0.15, -0.1) is 0 Å². The van der Waals surface area contributed by atoms with Crippen LogP contribution in [0.25, 0.3) is 0 Å². The van der Waals surface area contributed by atoms with Crippen molar-refractivity contribution in [3.63, 3.8) is 0 Å². The van der Waals surface area contributed by atoms with Gasteiger partial charge in [-0.2, -0.15) is 22.0 Å². The lowest BCUT2D eigenvalue weighted by molar-refractivity contribution is -0.284. The molecule has 17 heavy (non-hydrogen) atoms. The second kappa shape index (κ2) is 5.92. The minimum atomic E-state index is -5.68. The maximum absolute atomic E-state index is 12.4. The first-order valence-electron chi connectivity index (χ1n) is 4.72. The number of hydrogen-bond acceptors (Lipinski definition) is 3. The van der Waals surface area contributed by atoms with E-state index in [0.29, 0.717) is 0 Å². The number of ketones is 1. The van der Waals surface area contributed by atoms with E-state index >= 15 is 0 Å². The van der Waals surface area contributed by atoms with Crippen LogP contribution in [0.15, 0.2) is 0 Å². The van der Waals surface area contributed by atoms with Gasteiger partial charge in [-0.05, 0) is 6.92 Å². The quantitative estimate of drug-likeness (QED) is 0.419. The number of carbonyl (C=O) groups is 2. The molecule has 0 amide bonds. The van der Waals surface area contributed by atoms with Gasteiger partial charge in [-0.25, -0.2) is 0 Å². The van der Waals surface area contributed by atoms with Gasteiger partial charge in [-0.1, -0.05) is 0 Å². The second-order valence-electron chi connectivity index (χ2n) is 3.22. The first-order valence-corrected chi connectivity index (χ1v) is 4.72. The summed E-state index contributed by atoms with van der Waals surface area (Å²) in [5.41, 5.74) is 0. The van der Waals surface area contributed by atoms with Crippen LogP contribution in [0.5, 0.6) is 0 Å². The van der Waals surface area contributed by atoms with E-state index in [9.17, 15) is 31.5 Å². The maximum Gasteiger partial charge on any atom is 0.453 e. The third-order valence-corrected chi connectivity index (χ3v) is 1.78. The summed E-state index contributed by atoms with van der Waals surface area (Å²) in [6, 6.07) is 0. The van der Waals surface area contributed by atoms with Gasteiger partial charge in [0.15, 0.2) is 0 Å². The fraction of sp³-hybridized carbons (Fsp3) is 0.778. The average Bonchev–Trinajstić information content (AvgIpc) is 2.13. The van der Waals surface area contributed by atoms with Gasteiger partial charge in [0.2, 0.25) is 0 Å². The molecule has 100 valence electrons. The van der Waals surface area contributed by atoms with Crippen molar-refractivity contribution in [3.05, 3.63) is 0 Å². The van der Waals surface area contributed by atoms with Crippen molar-refractivity contribution in [2.45, 2.75) is 38.3 Å². The Morgan fingerprint density at radius 2 is 1.65 bits per heavy atom. The number of ether oxygens (including phenoxy) is 1. The highest BCUT2D eigenvalue weighted by atomic mass is 19.4. The molecule has 0 aliphatic carbocycles. The molecule has 0 bridgehead atoms. The normalized spacial score (nSPS) is 12.4. The van der Waals surface area contributed by atoms with Crippen LogP contribution in [0.1, 0.15) is 26.2 Å². The predicted molar refractivity (Wildman–Crippen MR) is 46.5 cm³/mol. The Kier molecular flexibility index (Phi) is 5.50. The topological polar surface area (TPSA) is 43.4 Å². The lowest BCUT2D eigenvalue weighted by atomic mass is 10.1. The standard InChI is InChI=1S/C9H11F5O3/c1-2-17-7(16)5-6(15)3-4-8(10,11)9(12,13)14/h2-5H2,1H3. The number of esters is 1. The minimum absolute atomic E-state index is 0.00479. The molecule has 0 saturated carbocycles. The zero-order valence-electron chi connectivity index (χ0n) is 8.94. The zero-order valence-corrected chi connectivity index (χ0v) is 8.94.